The molecular formula is C23H21FN4O. The molecule has 29 heavy (non-hydrogen) atoms. The molecule has 0 saturated carbocycles. The number of carbonyl (C=O) groups excluding carboxylic acids is 1. The van der Waals surface area contributed by atoms with Gasteiger partial charge in [0.25, 0.3) is 5.91 Å². The van der Waals surface area contributed by atoms with Crippen molar-refractivity contribution in [2.75, 3.05) is 5.32 Å². The van der Waals surface area contributed by atoms with Crippen LogP contribution in [0.2, 0.25) is 0 Å². The summed E-state index contributed by atoms with van der Waals surface area (Å²) in [6, 6.07) is 13.7. The van der Waals surface area contributed by atoms with Gasteiger partial charge < -0.3 is 5.32 Å². The van der Waals surface area contributed by atoms with E-state index in [0.29, 0.717) is 33.7 Å². The summed E-state index contributed by atoms with van der Waals surface area (Å²) in [7, 11) is 0. The van der Waals surface area contributed by atoms with Crippen molar-refractivity contribution in [1.29, 1.82) is 0 Å². The number of benzene rings is 2. The van der Waals surface area contributed by atoms with Gasteiger partial charge in [0.1, 0.15) is 5.82 Å². The van der Waals surface area contributed by atoms with Crippen molar-refractivity contribution < 1.29 is 9.18 Å². The number of hydrogen-bond donors (Lipinski definition) is 1. The fourth-order valence-corrected chi connectivity index (χ4v) is 3.42. The second-order valence-corrected chi connectivity index (χ2v) is 7.26. The first-order valence-electron chi connectivity index (χ1n) is 9.35. The molecule has 1 amide bonds. The summed E-state index contributed by atoms with van der Waals surface area (Å²) in [4.78, 5) is 17.8. The molecule has 1 N–H and O–H groups in total. The predicted molar refractivity (Wildman–Crippen MR) is 112 cm³/mol. The number of carbonyl (C=O) groups is 1. The van der Waals surface area contributed by atoms with Gasteiger partial charge in [-0.3, -0.25) is 4.79 Å². The van der Waals surface area contributed by atoms with Crippen LogP contribution in [-0.4, -0.2) is 20.7 Å². The standard InChI is InChI=1S/C23H21FN4O/c1-13-5-6-14(2)20(11-13)26-23(29)19-12-15(3)25-22-21(19)16(4)27-28(22)18-9-7-17(24)8-10-18/h5-12H,1-4H3,(H,26,29). The molecule has 2 aromatic heterocycles. The number of hydrogen-bond acceptors (Lipinski definition) is 3. The molecule has 0 bridgehead atoms. The minimum Gasteiger partial charge on any atom is -0.322 e. The Bertz CT molecular complexity index is 1240. The van der Waals surface area contributed by atoms with E-state index in [-0.39, 0.29) is 11.7 Å². The van der Waals surface area contributed by atoms with E-state index < -0.39 is 0 Å². The zero-order chi connectivity index (χ0) is 20.7. The molecule has 146 valence electrons. The molecule has 0 atom stereocenters. The average molecular weight is 388 g/mol. The summed E-state index contributed by atoms with van der Waals surface area (Å²) in [6.07, 6.45) is 0. The van der Waals surface area contributed by atoms with Crippen molar-refractivity contribution in [2.45, 2.75) is 27.7 Å². The lowest BCUT2D eigenvalue weighted by molar-refractivity contribution is 0.102. The molecule has 2 aromatic carbocycles. The number of aromatic nitrogens is 3. The Hall–Kier alpha value is -3.54. The van der Waals surface area contributed by atoms with Crippen molar-refractivity contribution in [2.24, 2.45) is 0 Å². The number of nitrogens with one attached hydrogen (secondary N) is 1. The maximum Gasteiger partial charge on any atom is 0.256 e. The minimum atomic E-state index is -0.320. The highest BCUT2D eigenvalue weighted by Crippen LogP contribution is 2.26. The zero-order valence-corrected chi connectivity index (χ0v) is 16.7. The third kappa shape index (κ3) is 3.49. The molecule has 6 heteroatoms. The quantitative estimate of drug-likeness (QED) is 0.534. The third-order valence-electron chi connectivity index (χ3n) is 4.90. The van der Waals surface area contributed by atoms with Gasteiger partial charge in [0, 0.05) is 11.4 Å². The zero-order valence-electron chi connectivity index (χ0n) is 16.7. The van der Waals surface area contributed by atoms with Crippen LogP contribution in [0.3, 0.4) is 0 Å². The van der Waals surface area contributed by atoms with E-state index in [1.54, 1.807) is 22.9 Å². The van der Waals surface area contributed by atoms with Crippen LogP contribution in [-0.2, 0) is 0 Å². The second kappa shape index (κ2) is 7.13. The van der Waals surface area contributed by atoms with Gasteiger partial charge >= 0.3 is 0 Å². The maximum atomic E-state index is 13.3. The van der Waals surface area contributed by atoms with Crippen LogP contribution < -0.4 is 5.32 Å². The lowest BCUT2D eigenvalue weighted by atomic mass is 10.1. The Kier molecular flexibility index (Phi) is 4.62. The highest BCUT2D eigenvalue weighted by atomic mass is 19.1. The Morgan fingerprint density at radius 1 is 1.00 bits per heavy atom. The smallest absolute Gasteiger partial charge is 0.256 e. The summed E-state index contributed by atoms with van der Waals surface area (Å²) in [5.74, 6) is -0.532. The lowest BCUT2D eigenvalue weighted by Gasteiger charge is -2.11. The van der Waals surface area contributed by atoms with E-state index in [9.17, 15) is 9.18 Å². The third-order valence-corrected chi connectivity index (χ3v) is 4.90. The molecule has 4 rings (SSSR count). The van der Waals surface area contributed by atoms with Gasteiger partial charge in [-0.25, -0.2) is 14.1 Å². The fraction of sp³-hybridized carbons (Fsp3) is 0.174. The Balaban J connectivity index is 1.84. The number of anilines is 1. The van der Waals surface area contributed by atoms with E-state index in [0.717, 1.165) is 16.8 Å². The van der Waals surface area contributed by atoms with Crippen LogP contribution >= 0.6 is 0 Å². The summed E-state index contributed by atoms with van der Waals surface area (Å²) < 4.78 is 15.0. The Labute approximate surface area is 168 Å². The van der Waals surface area contributed by atoms with Crippen molar-refractivity contribution >= 4 is 22.6 Å². The maximum absolute atomic E-state index is 13.3. The van der Waals surface area contributed by atoms with Crippen LogP contribution in [0, 0.1) is 33.5 Å². The van der Waals surface area contributed by atoms with Crippen LogP contribution in [0.1, 0.15) is 32.9 Å². The molecule has 0 spiro atoms. The Morgan fingerprint density at radius 3 is 2.45 bits per heavy atom. The van der Waals surface area contributed by atoms with Gasteiger partial charge in [0.2, 0.25) is 0 Å². The van der Waals surface area contributed by atoms with Gasteiger partial charge in [0.05, 0.1) is 22.3 Å². The number of halogens is 1. The van der Waals surface area contributed by atoms with E-state index in [2.05, 4.69) is 15.4 Å². The minimum absolute atomic E-state index is 0.212. The molecule has 0 radical (unpaired) electrons. The summed E-state index contributed by atoms with van der Waals surface area (Å²) >= 11 is 0. The van der Waals surface area contributed by atoms with Gasteiger partial charge in [-0.05, 0) is 75.2 Å². The fourth-order valence-electron chi connectivity index (χ4n) is 3.42. The van der Waals surface area contributed by atoms with E-state index in [1.165, 1.54) is 12.1 Å². The number of fused-ring (bicyclic) bond motifs is 1. The molecule has 0 unspecified atom stereocenters. The SMILES string of the molecule is Cc1ccc(C)c(NC(=O)c2cc(C)nc3c2c(C)nn3-c2ccc(F)cc2)c1. The molecular weight excluding hydrogens is 367 g/mol. The summed E-state index contributed by atoms with van der Waals surface area (Å²) in [5.41, 5.74) is 5.99. The molecule has 4 aromatic rings. The van der Waals surface area contributed by atoms with Gasteiger partial charge in [-0.15, -0.1) is 0 Å². The summed E-state index contributed by atoms with van der Waals surface area (Å²) in [5, 5.41) is 8.26. The van der Waals surface area contributed by atoms with Gasteiger partial charge in [0.15, 0.2) is 5.65 Å². The van der Waals surface area contributed by atoms with Crippen molar-refractivity contribution in [3.8, 4) is 5.69 Å². The van der Waals surface area contributed by atoms with Crippen LogP contribution in [0.4, 0.5) is 10.1 Å². The van der Waals surface area contributed by atoms with Gasteiger partial charge in [-0.2, -0.15) is 5.10 Å². The highest BCUT2D eigenvalue weighted by molar-refractivity contribution is 6.13. The molecule has 0 saturated heterocycles. The topological polar surface area (TPSA) is 59.8 Å². The highest BCUT2D eigenvalue weighted by Gasteiger charge is 2.20. The predicted octanol–water partition coefficient (Wildman–Crippen LogP) is 5.05. The largest absolute Gasteiger partial charge is 0.322 e. The monoisotopic (exact) mass is 388 g/mol. The Morgan fingerprint density at radius 2 is 1.72 bits per heavy atom. The van der Waals surface area contributed by atoms with Crippen LogP contribution in [0.25, 0.3) is 16.7 Å². The van der Waals surface area contributed by atoms with E-state index in [1.807, 2.05) is 45.9 Å². The van der Waals surface area contributed by atoms with E-state index >= 15 is 0 Å². The van der Waals surface area contributed by atoms with Gasteiger partial charge in [-0.1, -0.05) is 12.1 Å². The van der Waals surface area contributed by atoms with Crippen LogP contribution in [0.5, 0.6) is 0 Å². The average Bonchev–Trinajstić information content (AvgIpc) is 3.01. The number of aryl methyl sites for hydroxylation is 4. The first-order chi connectivity index (χ1) is 13.8. The molecule has 0 aliphatic rings. The molecule has 0 aliphatic heterocycles. The van der Waals surface area contributed by atoms with Crippen molar-refractivity contribution in [3.05, 3.63) is 82.4 Å². The second-order valence-electron chi connectivity index (χ2n) is 7.26. The molecule has 0 aliphatic carbocycles. The lowest BCUT2D eigenvalue weighted by Crippen LogP contribution is -2.14. The van der Waals surface area contributed by atoms with Crippen LogP contribution in [0.15, 0.2) is 48.5 Å². The molecule has 0 fully saturated rings. The summed E-state index contributed by atoms with van der Waals surface area (Å²) in [6.45, 7) is 7.63. The first-order valence-corrected chi connectivity index (χ1v) is 9.35. The normalized spacial score (nSPS) is 11.1. The number of rotatable bonds is 3. The number of nitrogens with zero attached hydrogens (tertiary/aromatic N) is 3. The van der Waals surface area contributed by atoms with Crippen molar-refractivity contribution in [3.63, 3.8) is 0 Å². The molecule has 5 nitrogen and oxygen atoms in total. The number of amides is 1. The van der Waals surface area contributed by atoms with Crippen molar-refractivity contribution in [1.82, 2.24) is 14.8 Å². The number of pyridine rings is 1. The van der Waals surface area contributed by atoms with E-state index in [4.69, 9.17) is 0 Å². The first kappa shape index (κ1) is 18.8. The molecule has 2 heterocycles.